The van der Waals surface area contributed by atoms with Crippen LogP contribution in [-0.2, 0) is 9.59 Å². The third kappa shape index (κ3) is 3.38. The molecule has 4 rings (SSSR count). The normalized spacial score (nSPS) is 16.7. The van der Waals surface area contributed by atoms with Gasteiger partial charge >= 0.3 is 5.97 Å². The largest absolute Gasteiger partial charge is 0.424 e. The van der Waals surface area contributed by atoms with Crippen molar-refractivity contribution < 1.29 is 14.3 Å². The lowest BCUT2D eigenvalue weighted by Gasteiger charge is -2.17. The molecule has 3 aromatic rings. The van der Waals surface area contributed by atoms with Crippen molar-refractivity contribution >= 4 is 40.1 Å². The number of halogens is 1. The Morgan fingerprint density at radius 3 is 2.85 bits per heavy atom. The van der Waals surface area contributed by atoms with Crippen LogP contribution in [-0.4, -0.2) is 23.4 Å². The molecule has 0 bridgehead atoms. The van der Waals surface area contributed by atoms with E-state index in [4.69, 9.17) is 16.3 Å². The average Bonchev–Trinajstić information content (AvgIpc) is 3.06. The molecule has 1 atom stereocenters. The molecule has 6 heteroatoms. The molecule has 0 spiro atoms. The predicted molar refractivity (Wildman–Crippen MR) is 104 cm³/mol. The summed E-state index contributed by atoms with van der Waals surface area (Å²) < 4.78 is 5.58. The molecule has 1 fully saturated rings. The van der Waals surface area contributed by atoms with Crippen LogP contribution in [0, 0.1) is 12.8 Å². The van der Waals surface area contributed by atoms with Gasteiger partial charge in [-0.05, 0) is 36.8 Å². The summed E-state index contributed by atoms with van der Waals surface area (Å²) in [7, 11) is 0. The number of pyridine rings is 1. The summed E-state index contributed by atoms with van der Waals surface area (Å²) in [5, 5.41) is 1.48. The number of benzene rings is 2. The van der Waals surface area contributed by atoms with Gasteiger partial charge in [0.2, 0.25) is 5.91 Å². The van der Waals surface area contributed by atoms with Gasteiger partial charge in [-0.25, -0.2) is 0 Å². The van der Waals surface area contributed by atoms with E-state index in [0.717, 1.165) is 10.9 Å². The number of aromatic nitrogens is 1. The van der Waals surface area contributed by atoms with E-state index in [0.29, 0.717) is 22.0 Å². The highest BCUT2D eigenvalue weighted by Crippen LogP contribution is 2.30. The SMILES string of the molecule is Cc1ccc(N2C[C@H](C(=O)Oc3cccc4cccnc34)CC2=O)cc1Cl. The van der Waals surface area contributed by atoms with Crippen LogP contribution in [0.1, 0.15) is 12.0 Å². The zero-order valence-electron chi connectivity index (χ0n) is 14.7. The van der Waals surface area contributed by atoms with Crippen LogP contribution >= 0.6 is 11.6 Å². The molecule has 0 radical (unpaired) electrons. The number of hydrogen-bond donors (Lipinski definition) is 0. The fourth-order valence-corrected chi connectivity index (χ4v) is 3.39. The minimum atomic E-state index is -0.531. The Hall–Kier alpha value is -2.92. The summed E-state index contributed by atoms with van der Waals surface area (Å²) in [5.74, 6) is -0.672. The minimum absolute atomic E-state index is 0.114. The molecule has 1 aliphatic heterocycles. The Morgan fingerprint density at radius 1 is 1.22 bits per heavy atom. The lowest BCUT2D eigenvalue weighted by atomic mass is 10.1. The van der Waals surface area contributed by atoms with Gasteiger partial charge in [-0.15, -0.1) is 0 Å². The van der Waals surface area contributed by atoms with E-state index in [1.54, 1.807) is 23.2 Å². The number of carbonyl (C=O) groups is 2. The first-order chi connectivity index (χ1) is 13.0. The minimum Gasteiger partial charge on any atom is -0.424 e. The molecule has 0 N–H and O–H groups in total. The van der Waals surface area contributed by atoms with E-state index in [-0.39, 0.29) is 18.9 Å². The highest BCUT2D eigenvalue weighted by atomic mass is 35.5. The molecular formula is C21H17ClN2O3. The van der Waals surface area contributed by atoms with Gasteiger partial charge in [0.15, 0.2) is 5.75 Å². The van der Waals surface area contributed by atoms with Gasteiger partial charge in [-0.3, -0.25) is 14.6 Å². The van der Waals surface area contributed by atoms with Gasteiger partial charge in [-0.2, -0.15) is 0 Å². The van der Waals surface area contributed by atoms with E-state index in [2.05, 4.69) is 4.98 Å². The summed E-state index contributed by atoms with van der Waals surface area (Å²) in [6.45, 7) is 2.17. The van der Waals surface area contributed by atoms with E-state index in [1.807, 2.05) is 43.3 Å². The van der Waals surface area contributed by atoms with Crippen LogP contribution in [0.4, 0.5) is 5.69 Å². The van der Waals surface area contributed by atoms with Gasteiger partial charge in [0.25, 0.3) is 0 Å². The van der Waals surface area contributed by atoms with Gasteiger partial charge in [0.05, 0.1) is 5.92 Å². The molecule has 27 heavy (non-hydrogen) atoms. The van der Waals surface area contributed by atoms with Crippen molar-refractivity contribution in [3.8, 4) is 5.75 Å². The molecule has 0 unspecified atom stereocenters. The maximum atomic E-state index is 12.6. The Labute approximate surface area is 161 Å². The first-order valence-electron chi connectivity index (χ1n) is 8.65. The second-order valence-electron chi connectivity index (χ2n) is 6.59. The molecule has 1 aliphatic rings. The number of ether oxygens (including phenoxy) is 1. The van der Waals surface area contributed by atoms with Crippen molar-refractivity contribution in [2.45, 2.75) is 13.3 Å². The first kappa shape index (κ1) is 17.5. The first-order valence-corrected chi connectivity index (χ1v) is 9.02. The van der Waals surface area contributed by atoms with Crippen LogP contribution in [0.15, 0.2) is 54.7 Å². The highest BCUT2D eigenvalue weighted by molar-refractivity contribution is 6.31. The summed E-state index contributed by atoms with van der Waals surface area (Å²) >= 11 is 6.17. The smallest absolute Gasteiger partial charge is 0.316 e. The van der Waals surface area contributed by atoms with Crippen LogP contribution in [0.3, 0.4) is 0 Å². The predicted octanol–water partition coefficient (Wildman–Crippen LogP) is 4.16. The fourth-order valence-electron chi connectivity index (χ4n) is 3.21. The molecular weight excluding hydrogens is 364 g/mol. The van der Waals surface area contributed by atoms with Crippen LogP contribution in [0.25, 0.3) is 10.9 Å². The number of aryl methyl sites for hydroxylation is 1. The number of fused-ring (bicyclic) bond motifs is 1. The van der Waals surface area contributed by atoms with Crippen molar-refractivity contribution in [2.75, 3.05) is 11.4 Å². The van der Waals surface area contributed by atoms with E-state index in [9.17, 15) is 9.59 Å². The fraction of sp³-hybridized carbons (Fsp3) is 0.190. The Morgan fingerprint density at radius 2 is 2.04 bits per heavy atom. The van der Waals surface area contributed by atoms with Crippen molar-refractivity contribution in [1.82, 2.24) is 4.98 Å². The topological polar surface area (TPSA) is 59.5 Å². The quantitative estimate of drug-likeness (QED) is 0.505. The number of esters is 1. The lowest BCUT2D eigenvalue weighted by Crippen LogP contribution is -2.27. The molecule has 1 aromatic heterocycles. The number of carbonyl (C=O) groups excluding carboxylic acids is 2. The Kier molecular flexibility index (Phi) is 4.54. The summed E-state index contributed by atoms with van der Waals surface area (Å²) in [6, 6.07) is 14.6. The molecule has 2 heterocycles. The van der Waals surface area contributed by atoms with Crippen molar-refractivity contribution in [3.05, 3.63) is 65.3 Å². The molecule has 1 saturated heterocycles. The molecule has 2 aromatic carbocycles. The molecule has 0 aliphatic carbocycles. The number of rotatable bonds is 3. The zero-order chi connectivity index (χ0) is 19.0. The Bertz CT molecular complexity index is 1050. The number of anilines is 1. The van der Waals surface area contributed by atoms with Gasteiger partial charge in [-0.1, -0.05) is 35.9 Å². The second kappa shape index (κ2) is 7.00. The zero-order valence-corrected chi connectivity index (χ0v) is 15.4. The van der Waals surface area contributed by atoms with Gasteiger partial charge in [0, 0.05) is 35.3 Å². The van der Waals surface area contributed by atoms with Gasteiger partial charge in [0.1, 0.15) is 5.52 Å². The third-order valence-electron chi connectivity index (χ3n) is 4.73. The monoisotopic (exact) mass is 380 g/mol. The van der Waals surface area contributed by atoms with Crippen LogP contribution in [0.5, 0.6) is 5.75 Å². The summed E-state index contributed by atoms with van der Waals surface area (Å²) in [6.07, 6.45) is 1.77. The highest BCUT2D eigenvalue weighted by Gasteiger charge is 2.36. The maximum Gasteiger partial charge on any atom is 0.316 e. The molecule has 0 saturated carbocycles. The van der Waals surface area contributed by atoms with E-state index in [1.165, 1.54) is 0 Å². The summed E-state index contributed by atoms with van der Waals surface area (Å²) in [4.78, 5) is 30.9. The number of hydrogen-bond acceptors (Lipinski definition) is 4. The van der Waals surface area contributed by atoms with Crippen LogP contribution in [0.2, 0.25) is 5.02 Å². The van der Waals surface area contributed by atoms with Gasteiger partial charge < -0.3 is 9.64 Å². The number of para-hydroxylation sites is 1. The van der Waals surface area contributed by atoms with E-state index >= 15 is 0 Å². The van der Waals surface area contributed by atoms with E-state index < -0.39 is 11.9 Å². The molecule has 136 valence electrons. The van der Waals surface area contributed by atoms with Crippen molar-refractivity contribution in [2.24, 2.45) is 5.92 Å². The lowest BCUT2D eigenvalue weighted by molar-refractivity contribution is -0.139. The standard InChI is InChI=1S/C21H17ClN2O3/c1-13-7-8-16(11-17(13)22)24-12-15(10-19(24)25)21(26)27-18-6-2-4-14-5-3-9-23-20(14)18/h2-9,11,15H,10,12H2,1H3/t15-/m1/s1. The average molecular weight is 381 g/mol. The maximum absolute atomic E-state index is 12.6. The number of nitrogens with zero attached hydrogens (tertiary/aromatic N) is 2. The second-order valence-corrected chi connectivity index (χ2v) is 7.00. The summed E-state index contributed by atoms with van der Waals surface area (Å²) in [5.41, 5.74) is 2.25. The molecule has 1 amide bonds. The van der Waals surface area contributed by atoms with Crippen molar-refractivity contribution in [3.63, 3.8) is 0 Å². The molecule has 5 nitrogen and oxygen atoms in total. The Balaban J connectivity index is 1.53. The van der Waals surface area contributed by atoms with Crippen molar-refractivity contribution in [1.29, 1.82) is 0 Å². The number of amides is 1. The third-order valence-corrected chi connectivity index (χ3v) is 5.14. The van der Waals surface area contributed by atoms with Crippen LogP contribution < -0.4 is 9.64 Å².